The minimum atomic E-state index is -4.56. The fraction of sp³-hybridized carbons (Fsp3) is 0.292. The number of ether oxygens (including phenoxy) is 1. The number of alkyl halides is 3. The van der Waals surface area contributed by atoms with E-state index in [1.54, 1.807) is 6.08 Å². The highest BCUT2D eigenvalue weighted by Crippen LogP contribution is 2.34. The third-order valence-electron chi connectivity index (χ3n) is 4.84. The van der Waals surface area contributed by atoms with Crippen LogP contribution in [-0.4, -0.2) is 33.0 Å². The Morgan fingerprint density at radius 3 is 2.65 bits per heavy atom. The first-order chi connectivity index (χ1) is 16.3. The van der Waals surface area contributed by atoms with Crippen molar-refractivity contribution in [3.05, 3.63) is 78.1 Å². The SMILES string of the molecule is C=CCn1c(CCCOc2ccccc2C)nnc1SCC(=O)Nc1ccccc1C(F)(F)F. The number of anilines is 1. The van der Waals surface area contributed by atoms with E-state index in [1.165, 1.54) is 18.2 Å². The molecule has 0 radical (unpaired) electrons. The Bertz CT molecular complexity index is 1130. The smallest absolute Gasteiger partial charge is 0.418 e. The van der Waals surface area contributed by atoms with Crippen molar-refractivity contribution in [1.29, 1.82) is 0 Å². The van der Waals surface area contributed by atoms with Crippen LogP contribution in [0.3, 0.4) is 0 Å². The number of allylic oxidation sites excluding steroid dienone is 1. The van der Waals surface area contributed by atoms with Crippen LogP contribution in [0.2, 0.25) is 0 Å². The van der Waals surface area contributed by atoms with Gasteiger partial charge in [-0.3, -0.25) is 4.79 Å². The number of amides is 1. The number of carbonyl (C=O) groups is 1. The van der Waals surface area contributed by atoms with E-state index in [-0.39, 0.29) is 11.4 Å². The summed E-state index contributed by atoms with van der Waals surface area (Å²) in [6, 6.07) is 12.6. The highest BCUT2D eigenvalue weighted by molar-refractivity contribution is 7.99. The molecule has 0 spiro atoms. The van der Waals surface area contributed by atoms with E-state index in [2.05, 4.69) is 22.1 Å². The summed E-state index contributed by atoms with van der Waals surface area (Å²) < 4.78 is 47.1. The lowest BCUT2D eigenvalue weighted by molar-refractivity contribution is -0.137. The Balaban J connectivity index is 1.56. The van der Waals surface area contributed by atoms with Gasteiger partial charge in [0.1, 0.15) is 11.6 Å². The third kappa shape index (κ3) is 6.86. The fourth-order valence-electron chi connectivity index (χ4n) is 3.21. The van der Waals surface area contributed by atoms with Crippen molar-refractivity contribution in [3.8, 4) is 5.75 Å². The number of aryl methyl sites for hydroxylation is 2. The van der Waals surface area contributed by atoms with E-state index < -0.39 is 17.6 Å². The first-order valence-electron chi connectivity index (χ1n) is 10.6. The number of para-hydroxylation sites is 2. The van der Waals surface area contributed by atoms with Crippen LogP contribution in [0.25, 0.3) is 0 Å². The Hall–Kier alpha value is -3.27. The number of halogens is 3. The molecule has 6 nitrogen and oxygen atoms in total. The molecule has 1 N–H and O–H groups in total. The summed E-state index contributed by atoms with van der Waals surface area (Å²) in [7, 11) is 0. The van der Waals surface area contributed by atoms with Crippen molar-refractivity contribution in [2.75, 3.05) is 17.7 Å². The minimum Gasteiger partial charge on any atom is -0.493 e. The van der Waals surface area contributed by atoms with E-state index in [1.807, 2.05) is 35.8 Å². The van der Waals surface area contributed by atoms with Gasteiger partial charge in [0.05, 0.1) is 23.6 Å². The molecular weight excluding hydrogens is 465 g/mol. The van der Waals surface area contributed by atoms with Crippen LogP contribution < -0.4 is 10.1 Å². The van der Waals surface area contributed by atoms with Gasteiger partial charge in [-0.25, -0.2) is 0 Å². The van der Waals surface area contributed by atoms with Crippen molar-refractivity contribution < 1.29 is 22.7 Å². The molecule has 1 heterocycles. The summed E-state index contributed by atoms with van der Waals surface area (Å²) in [4.78, 5) is 12.3. The zero-order valence-electron chi connectivity index (χ0n) is 18.6. The maximum atomic E-state index is 13.1. The molecule has 0 atom stereocenters. The maximum Gasteiger partial charge on any atom is 0.418 e. The average molecular weight is 491 g/mol. The van der Waals surface area contributed by atoms with Crippen LogP contribution in [0.15, 0.2) is 66.3 Å². The molecule has 1 amide bonds. The van der Waals surface area contributed by atoms with Gasteiger partial charge >= 0.3 is 6.18 Å². The number of benzene rings is 2. The summed E-state index contributed by atoms with van der Waals surface area (Å²) in [6.07, 6.45) is -1.54. The van der Waals surface area contributed by atoms with Gasteiger partial charge in [0.25, 0.3) is 0 Å². The molecule has 180 valence electrons. The molecule has 3 rings (SSSR count). The van der Waals surface area contributed by atoms with Gasteiger partial charge < -0.3 is 14.6 Å². The number of hydrogen-bond acceptors (Lipinski definition) is 5. The summed E-state index contributed by atoms with van der Waals surface area (Å²) in [5, 5.41) is 11.2. The normalized spacial score (nSPS) is 11.3. The predicted octanol–water partition coefficient (Wildman–Crippen LogP) is 5.53. The topological polar surface area (TPSA) is 69.0 Å². The van der Waals surface area contributed by atoms with Crippen LogP contribution in [0.1, 0.15) is 23.4 Å². The second-order valence-corrected chi connectivity index (χ2v) is 8.34. The number of nitrogens with one attached hydrogen (secondary N) is 1. The number of nitrogens with zero attached hydrogens (tertiary/aromatic N) is 3. The molecule has 3 aromatic rings. The predicted molar refractivity (Wildman–Crippen MR) is 126 cm³/mol. The Kier molecular flexibility index (Phi) is 8.75. The lowest BCUT2D eigenvalue weighted by atomic mass is 10.1. The number of rotatable bonds is 11. The van der Waals surface area contributed by atoms with Crippen molar-refractivity contribution in [3.63, 3.8) is 0 Å². The van der Waals surface area contributed by atoms with Gasteiger partial charge in [0, 0.05) is 13.0 Å². The molecule has 34 heavy (non-hydrogen) atoms. The molecule has 0 saturated carbocycles. The first-order valence-corrected chi connectivity index (χ1v) is 11.6. The second kappa shape index (κ2) is 11.7. The minimum absolute atomic E-state index is 0.113. The van der Waals surface area contributed by atoms with Crippen LogP contribution in [0.5, 0.6) is 5.75 Å². The molecule has 0 bridgehead atoms. The molecule has 10 heteroatoms. The number of aromatic nitrogens is 3. The van der Waals surface area contributed by atoms with E-state index >= 15 is 0 Å². The van der Waals surface area contributed by atoms with Crippen LogP contribution in [0, 0.1) is 6.92 Å². The monoisotopic (exact) mass is 490 g/mol. The largest absolute Gasteiger partial charge is 0.493 e. The molecule has 2 aromatic carbocycles. The fourth-order valence-corrected chi connectivity index (χ4v) is 3.98. The molecular formula is C24H25F3N4O2S. The second-order valence-electron chi connectivity index (χ2n) is 7.40. The molecule has 0 fully saturated rings. The van der Waals surface area contributed by atoms with Crippen LogP contribution in [0.4, 0.5) is 18.9 Å². The summed E-state index contributed by atoms with van der Waals surface area (Å²) >= 11 is 1.10. The van der Waals surface area contributed by atoms with Crippen molar-refractivity contribution in [2.45, 2.75) is 37.6 Å². The number of hydrogen-bond donors (Lipinski definition) is 1. The van der Waals surface area contributed by atoms with Crippen molar-refractivity contribution in [2.24, 2.45) is 0 Å². The third-order valence-corrected chi connectivity index (χ3v) is 5.81. The number of thioether (sulfide) groups is 1. The molecule has 0 saturated heterocycles. The Morgan fingerprint density at radius 1 is 1.18 bits per heavy atom. The van der Waals surface area contributed by atoms with Gasteiger partial charge in [-0.2, -0.15) is 13.2 Å². The summed E-state index contributed by atoms with van der Waals surface area (Å²) in [6.45, 7) is 6.69. The highest BCUT2D eigenvalue weighted by Gasteiger charge is 2.33. The Morgan fingerprint density at radius 2 is 1.91 bits per heavy atom. The molecule has 0 aliphatic carbocycles. The lowest BCUT2D eigenvalue weighted by Crippen LogP contribution is -2.18. The molecule has 0 unspecified atom stereocenters. The molecule has 0 aliphatic heterocycles. The van der Waals surface area contributed by atoms with Gasteiger partial charge in [-0.1, -0.05) is 48.2 Å². The number of carbonyl (C=O) groups excluding carboxylic acids is 1. The van der Waals surface area contributed by atoms with Crippen LogP contribution in [-0.2, 0) is 23.9 Å². The van der Waals surface area contributed by atoms with E-state index in [4.69, 9.17) is 4.74 Å². The zero-order chi connectivity index (χ0) is 24.6. The van der Waals surface area contributed by atoms with Crippen LogP contribution >= 0.6 is 11.8 Å². The van der Waals surface area contributed by atoms with Crippen molar-refractivity contribution >= 4 is 23.4 Å². The van der Waals surface area contributed by atoms with Gasteiger partial charge in [-0.05, 0) is 37.1 Å². The van der Waals surface area contributed by atoms with Gasteiger partial charge in [-0.15, -0.1) is 16.8 Å². The summed E-state index contributed by atoms with van der Waals surface area (Å²) in [5.74, 6) is 0.878. The van der Waals surface area contributed by atoms with Gasteiger partial charge in [0.15, 0.2) is 5.16 Å². The highest BCUT2D eigenvalue weighted by atomic mass is 32.2. The molecule has 0 aliphatic rings. The zero-order valence-corrected chi connectivity index (χ0v) is 19.5. The van der Waals surface area contributed by atoms with E-state index in [0.717, 1.165) is 35.0 Å². The lowest BCUT2D eigenvalue weighted by Gasteiger charge is -2.13. The maximum absolute atomic E-state index is 13.1. The quantitative estimate of drug-likeness (QED) is 0.217. The van der Waals surface area contributed by atoms with E-state index in [9.17, 15) is 18.0 Å². The Labute approximate surface area is 200 Å². The standard InChI is InChI=1S/C24H25F3N4O2S/c1-3-14-31-21(13-8-15-33-20-12-7-4-9-17(20)2)29-30-23(31)34-16-22(32)28-19-11-6-5-10-18(19)24(25,26)27/h3-7,9-12H,1,8,13-16H2,2H3,(H,28,32). The van der Waals surface area contributed by atoms with Crippen molar-refractivity contribution in [1.82, 2.24) is 14.8 Å². The molecule has 1 aromatic heterocycles. The van der Waals surface area contributed by atoms with Gasteiger partial charge in [0.2, 0.25) is 5.91 Å². The summed E-state index contributed by atoms with van der Waals surface area (Å²) in [5.41, 5.74) is -0.104. The first kappa shape index (κ1) is 25.4. The average Bonchev–Trinajstić information content (AvgIpc) is 3.18. The van der Waals surface area contributed by atoms with E-state index in [0.29, 0.717) is 31.1 Å².